The van der Waals surface area contributed by atoms with E-state index in [0.717, 1.165) is 17.0 Å². The van der Waals surface area contributed by atoms with Crippen molar-refractivity contribution in [3.05, 3.63) is 77.8 Å². The van der Waals surface area contributed by atoms with E-state index in [1.54, 1.807) is 23.6 Å². The topological polar surface area (TPSA) is 89.6 Å². The van der Waals surface area contributed by atoms with Gasteiger partial charge in [-0.3, -0.25) is 9.59 Å². The number of carbonyl (C=O) groups is 2. The van der Waals surface area contributed by atoms with Gasteiger partial charge in [0.05, 0.1) is 38.0 Å². The molecule has 2 aromatic heterocycles. The number of amides is 2. The Balaban J connectivity index is 1.17. The Morgan fingerprint density at radius 1 is 1.09 bits per heavy atom. The molecule has 166 valence electrons. The summed E-state index contributed by atoms with van der Waals surface area (Å²) in [5.74, 6) is 0.551. The van der Waals surface area contributed by atoms with Crippen molar-refractivity contribution in [2.45, 2.75) is 38.6 Å². The SMILES string of the molecule is O=C(NCc1ccco1)C1CCN(C(=O)c2ncn3c2CO[C@@H](c2ccccc2)C3)CC1. The summed E-state index contributed by atoms with van der Waals surface area (Å²) in [4.78, 5) is 31.8. The Labute approximate surface area is 186 Å². The third-order valence-corrected chi connectivity index (χ3v) is 6.27. The number of imidazole rings is 1. The molecular weight excluding hydrogens is 408 g/mol. The molecule has 3 aromatic rings. The highest BCUT2D eigenvalue weighted by molar-refractivity contribution is 5.93. The van der Waals surface area contributed by atoms with Gasteiger partial charge in [0.15, 0.2) is 5.69 Å². The van der Waals surface area contributed by atoms with E-state index in [1.165, 1.54) is 0 Å². The van der Waals surface area contributed by atoms with Gasteiger partial charge in [-0.05, 0) is 30.5 Å². The van der Waals surface area contributed by atoms with Crippen molar-refractivity contribution in [3.63, 3.8) is 0 Å². The van der Waals surface area contributed by atoms with Crippen LogP contribution in [0.5, 0.6) is 0 Å². The lowest BCUT2D eigenvalue weighted by Gasteiger charge is -2.31. The predicted octanol–water partition coefficient (Wildman–Crippen LogP) is 2.92. The van der Waals surface area contributed by atoms with E-state index in [2.05, 4.69) is 10.3 Å². The molecule has 32 heavy (non-hydrogen) atoms. The summed E-state index contributed by atoms with van der Waals surface area (Å²) in [7, 11) is 0. The molecule has 0 bridgehead atoms. The number of rotatable bonds is 5. The number of benzene rings is 1. The molecule has 0 unspecified atom stereocenters. The second-order valence-corrected chi connectivity index (χ2v) is 8.27. The first-order valence-corrected chi connectivity index (χ1v) is 11.0. The monoisotopic (exact) mass is 434 g/mol. The van der Waals surface area contributed by atoms with Crippen LogP contribution in [0.2, 0.25) is 0 Å². The Hall–Kier alpha value is -3.39. The van der Waals surface area contributed by atoms with Gasteiger partial charge in [0.25, 0.3) is 5.91 Å². The molecule has 2 aliphatic rings. The Morgan fingerprint density at radius 3 is 2.66 bits per heavy atom. The van der Waals surface area contributed by atoms with E-state index in [4.69, 9.17) is 9.15 Å². The van der Waals surface area contributed by atoms with Crippen LogP contribution in [0.1, 0.15) is 46.5 Å². The first kappa shape index (κ1) is 20.5. The van der Waals surface area contributed by atoms with Crippen molar-refractivity contribution >= 4 is 11.8 Å². The number of aromatic nitrogens is 2. The van der Waals surface area contributed by atoms with Gasteiger partial charge in [-0.1, -0.05) is 30.3 Å². The minimum atomic E-state index is -0.0973. The van der Waals surface area contributed by atoms with Gasteiger partial charge in [0.2, 0.25) is 5.91 Å². The number of hydrogen-bond donors (Lipinski definition) is 1. The van der Waals surface area contributed by atoms with Gasteiger partial charge in [-0.2, -0.15) is 0 Å². The summed E-state index contributed by atoms with van der Waals surface area (Å²) in [5.41, 5.74) is 2.39. The quantitative estimate of drug-likeness (QED) is 0.667. The predicted molar refractivity (Wildman–Crippen MR) is 115 cm³/mol. The number of ether oxygens (including phenoxy) is 1. The lowest BCUT2D eigenvalue weighted by Crippen LogP contribution is -2.43. The van der Waals surface area contributed by atoms with E-state index in [1.807, 2.05) is 41.0 Å². The second kappa shape index (κ2) is 9.00. The fourth-order valence-corrected chi connectivity index (χ4v) is 4.40. The molecule has 2 amide bonds. The largest absolute Gasteiger partial charge is 0.467 e. The molecule has 8 nitrogen and oxygen atoms in total. The molecule has 8 heteroatoms. The lowest BCUT2D eigenvalue weighted by molar-refractivity contribution is -0.126. The van der Waals surface area contributed by atoms with Crippen LogP contribution in [0.3, 0.4) is 0 Å². The van der Waals surface area contributed by atoms with Gasteiger partial charge in [-0.25, -0.2) is 4.98 Å². The highest BCUT2D eigenvalue weighted by Gasteiger charge is 2.32. The number of piperidine rings is 1. The van der Waals surface area contributed by atoms with Gasteiger partial charge in [0.1, 0.15) is 11.9 Å². The molecule has 1 fully saturated rings. The summed E-state index contributed by atoms with van der Waals surface area (Å²) in [6, 6.07) is 13.7. The smallest absolute Gasteiger partial charge is 0.274 e. The van der Waals surface area contributed by atoms with Gasteiger partial charge >= 0.3 is 0 Å². The van der Waals surface area contributed by atoms with Crippen molar-refractivity contribution in [1.82, 2.24) is 19.8 Å². The van der Waals surface area contributed by atoms with Crippen LogP contribution in [-0.4, -0.2) is 39.4 Å². The number of carbonyl (C=O) groups excluding carboxylic acids is 2. The van der Waals surface area contributed by atoms with Crippen molar-refractivity contribution in [1.29, 1.82) is 0 Å². The van der Waals surface area contributed by atoms with Crippen LogP contribution in [0.15, 0.2) is 59.5 Å². The highest BCUT2D eigenvalue weighted by Crippen LogP contribution is 2.28. The summed E-state index contributed by atoms with van der Waals surface area (Å²) in [6.45, 7) is 2.45. The Kier molecular flexibility index (Phi) is 5.77. The Morgan fingerprint density at radius 2 is 1.91 bits per heavy atom. The molecule has 4 heterocycles. The van der Waals surface area contributed by atoms with Crippen molar-refractivity contribution < 1.29 is 18.7 Å². The molecule has 1 saturated heterocycles. The molecule has 0 aliphatic carbocycles. The third kappa shape index (κ3) is 4.18. The van der Waals surface area contributed by atoms with E-state index in [9.17, 15) is 9.59 Å². The van der Waals surface area contributed by atoms with Crippen LogP contribution < -0.4 is 5.32 Å². The average Bonchev–Trinajstić information content (AvgIpc) is 3.52. The zero-order chi connectivity index (χ0) is 21.9. The zero-order valence-electron chi connectivity index (χ0n) is 17.8. The molecule has 0 spiro atoms. The first-order valence-electron chi connectivity index (χ1n) is 11.0. The number of nitrogens with zero attached hydrogens (tertiary/aromatic N) is 3. The minimum absolute atomic E-state index is 0.00761. The van der Waals surface area contributed by atoms with Crippen LogP contribution in [0.4, 0.5) is 0 Å². The Bertz CT molecular complexity index is 1070. The van der Waals surface area contributed by atoms with Crippen molar-refractivity contribution in [2.75, 3.05) is 13.1 Å². The van der Waals surface area contributed by atoms with Crippen LogP contribution in [0.25, 0.3) is 0 Å². The number of furan rings is 1. The highest BCUT2D eigenvalue weighted by atomic mass is 16.5. The lowest BCUT2D eigenvalue weighted by atomic mass is 9.95. The molecule has 1 N–H and O–H groups in total. The van der Waals surface area contributed by atoms with Crippen LogP contribution in [-0.2, 0) is 29.2 Å². The fourth-order valence-electron chi connectivity index (χ4n) is 4.40. The summed E-state index contributed by atoms with van der Waals surface area (Å²) in [5, 5.41) is 2.92. The maximum Gasteiger partial charge on any atom is 0.274 e. The standard InChI is InChI=1S/C24H26N4O4/c29-23(25-13-19-7-4-12-31-19)18-8-10-27(11-9-18)24(30)22-20-15-32-21(14-28(20)16-26-22)17-5-2-1-3-6-17/h1-7,12,16,18,21H,8-11,13-15H2,(H,25,29)/t21-/m1/s1. The summed E-state index contributed by atoms with van der Waals surface area (Å²) < 4.78 is 13.3. The van der Waals surface area contributed by atoms with Crippen LogP contribution in [0, 0.1) is 5.92 Å². The second-order valence-electron chi connectivity index (χ2n) is 8.27. The maximum atomic E-state index is 13.1. The van der Waals surface area contributed by atoms with E-state index in [-0.39, 0.29) is 23.8 Å². The van der Waals surface area contributed by atoms with Gasteiger partial charge in [0, 0.05) is 19.0 Å². The number of hydrogen-bond acceptors (Lipinski definition) is 5. The molecule has 2 aliphatic heterocycles. The molecule has 1 aromatic carbocycles. The van der Waals surface area contributed by atoms with Crippen molar-refractivity contribution in [3.8, 4) is 0 Å². The molecule has 5 rings (SSSR count). The van der Waals surface area contributed by atoms with E-state index >= 15 is 0 Å². The van der Waals surface area contributed by atoms with Crippen LogP contribution >= 0.6 is 0 Å². The zero-order valence-corrected chi connectivity index (χ0v) is 17.8. The normalized spacial score (nSPS) is 18.9. The third-order valence-electron chi connectivity index (χ3n) is 6.27. The van der Waals surface area contributed by atoms with E-state index < -0.39 is 0 Å². The average molecular weight is 434 g/mol. The maximum absolute atomic E-state index is 13.1. The summed E-state index contributed by atoms with van der Waals surface area (Å²) in [6.07, 6.45) is 4.55. The van der Waals surface area contributed by atoms with Gasteiger partial charge in [-0.15, -0.1) is 0 Å². The summed E-state index contributed by atoms with van der Waals surface area (Å²) >= 11 is 0. The molecule has 0 saturated carbocycles. The minimum Gasteiger partial charge on any atom is -0.467 e. The number of fused-ring (bicyclic) bond motifs is 1. The van der Waals surface area contributed by atoms with E-state index in [0.29, 0.717) is 51.3 Å². The molecule has 0 radical (unpaired) electrons. The number of likely N-dealkylation sites (tertiary alicyclic amines) is 1. The number of nitrogens with one attached hydrogen (secondary N) is 1. The van der Waals surface area contributed by atoms with Gasteiger partial charge < -0.3 is 23.9 Å². The van der Waals surface area contributed by atoms with Crippen molar-refractivity contribution in [2.24, 2.45) is 5.92 Å². The molecule has 1 atom stereocenters. The first-order chi connectivity index (χ1) is 15.7. The fraction of sp³-hybridized carbons (Fsp3) is 0.375. The molecular formula is C24H26N4O4.